The number of aromatic nitrogens is 2. The van der Waals surface area contributed by atoms with E-state index < -0.39 is 30.5 Å². The normalized spacial score (nSPS) is 26.9. The number of hydrogen-bond acceptors (Lipinski definition) is 5. The highest BCUT2D eigenvalue weighted by Crippen LogP contribution is 2.39. The highest BCUT2D eigenvalue weighted by Gasteiger charge is 2.48. The summed E-state index contributed by atoms with van der Waals surface area (Å²) < 4.78 is 62.1. The Kier molecular flexibility index (Phi) is 5.01. The number of hydrogen-bond donors (Lipinski definition) is 0. The molecular weight excluding hydrogens is 380 g/mol. The average molecular weight is 404 g/mol. The Bertz CT molecular complexity index is 780. The summed E-state index contributed by atoms with van der Waals surface area (Å²) in [6.45, 7) is 2.81. The van der Waals surface area contributed by atoms with Crippen molar-refractivity contribution in [1.29, 1.82) is 0 Å². The molecule has 1 saturated heterocycles. The van der Waals surface area contributed by atoms with E-state index in [-0.39, 0.29) is 30.9 Å². The molecule has 3 aliphatic rings. The van der Waals surface area contributed by atoms with Crippen molar-refractivity contribution in [2.45, 2.75) is 57.2 Å². The Labute approximate surface area is 160 Å². The van der Waals surface area contributed by atoms with Crippen LogP contribution in [0.4, 0.5) is 29.3 Å². The van der Waals surface area contributed by atoms with Crippen LogP contribution in [0.1, 0.15) is 26.2 Å². The van der Waals surface area contributed by atoms with Gasteiger partial charge in [-0.15, -0.1) is 0 Å². The average Bonchev–Trinajstić information content (AvgIpc) is 3.46. The lowest BCUT2D eigenvalue weighted by Gasteiger charge is -2.41. The molecule has 1 aromatic rings. The van der Waals surface area contributed by atoms with E-state index in [4.69, 9.17) is 4.74 Å². The summed E-state index contributed by atoms with van der Waals surface area (Å²) in [5, 5.41) is 0. The lowest BCUT2D eigenvalue weighted by molar-refractivity contribution is -0.153. The first-order valence-electron chi connectivity index (χ1n) is 9.69. The molecule has 0 aromatic carbocycles. The van der Waals surface area contributed by atoms with Crippen LogP contribution in [0.15, 0.2) is 10.9 Å². The monoisotopic (exact) mass is 404 g/mol. The molecule has 1 aromatic heterocycles. The zero-order valence-corrected chi connectivity index (χ0v) is 15.7. The summed E-state index contributed by atoms with van der Waals surface area (Å²) in [6, 6.07) is -0.543. The minimum Gasteiger partial charge on any atom is -0.377 e. The molecule has 2 unspecified atom stereocenters. The first kappa shape index (κ1) is 19.5. The molecule has 4 rings (SSSR count). The van der Waals surface area contributed by atoms with Gasteiger partial charge in [0.1, 0.15) is 18.0 Å². The van der Waals surface area contributed by atoms with Gasteiger partial charge in [-0.3, -0.25) is 9.36 Å². The van der Waals surface area contributed by atoms with Crippen molar-refractivity contribution in [2.75, 3.05) is 36.1 Å². The van der Waals surface area contributed by atoms with Gasteiger partial charge in [0.05, 0.1) is 25.8 Å². The van der Waals surface area contributed by atoms with Crippen LogP contribution in [0.2, 0.25) is 0 Å². The number of halogens is 4. The second-order valence-electron chi connectivity index (χ2n) is 7.87. The molecule has 3 heterocycles. The zero-order valence-electron chi connectivity index (χ0n) is 15.7. The molecule has 0 bridgehead atoms. The van der Waals surface area contributed by atoms with Gasteiger partial charge in [-0.1, -0.05) is 0 Å². The predicted octanol–water partition coefficient (Wildman–Crippen LogP) is 2.36. The fourth-order valence-electron chi connectivity index (χ4n) is 4.02. The SMILES string of the molecule is C[C@@H]1COCCN1c1cc(=O)n2c(n1)N(CC(F)C1CC1)C(C(F)(F)F)CC2. The fourth-order valence-corrected chi connectivity index (χ4v) is 4.02. The summed E-state index contributed by atoms with van der Waals surface area (Å²) >= 11 is 0. The molecule has 156 valence electrons. The first-order valence-corrected chi connectivity index (χ1v) is 9.69. The van der Waals surface area contributed by atoms with E-state index in [0.717, 1.165) is 4.90 Å². The maximum atomic E-state index is 14.5. The number of ether oxygens (including phenoxy) is 1. The first-order chi connectivity index (χ1) is 13.3. The molecule has 1 saturated carbocycles. The highest BCUT2D eigenvalue weighted by atomic mass is 19.4. The number of alkyl halides is 4. The van der Waals surface area contributed by atoms with Gasteiger partial charge in [-0.25, -0.2) is 4.39 Å². The zero-order chi connectivity index (χ0) is 20.1. The summed E-state index contributed by atoms with van der Waals surface area (Å²) in [4.78, 5) is 19.9. The fraction of sp³-hybridized carbons (Fsp3) is 0.778. The maximum Gasteiger partial charge on any atom is 0.408 e. The van der Waals surface area contributed by atoms with Gasteiger partial charge < -0.3 is 14.5 Å². The Morgan fingerprint density at radius 1 is 1.29 bits per heavy atom. The van der Waals surface area contributed by atoms with Crippen molar-refractivity contribution in [2.24, 2.45) is 5.92 Å². The van der Waals surface area contributed by atoms with E-state index >= 15 is 0 Å². The minimum absolute atomic E-state index is 0.0560. The Morgan fingerprint density at radius 2 is 2.04 bits per heavy atom. The lowest BCUT2D eigenvalue weighted by Crippen LogP contribution is -2.54. The van der Waals surface area contributed by atoms with Crippen molar-refractivity contribution in [3.05, 3.63) is 16.4 Å². The van der Waals surface area contributed by atoms with Crippen LogP contribution in [0.3, 0.4) is 0 Å². The highest BCUT2D eigenvalue weighted by molar-refractivity contribution is 5.47. The topological polar surface area (TPSA) is 50.6 Å². The molecule has 28 heavy (non-hydrogen) atoms. The van der Waals surface area contributed by atoms with E-state index in [1.54, 1.807) is 0 Å². The Balaban J connectivity index is 1.73. The third-order valence-electron chi connectivity index (χ3n) is 5.78. The van der Waals surface area contributed by atoms with E-state index in [1.807, 2.05) is 11.8 Å². The van der Waals surface area contributed by atoms with Crippen molar-refractivity contribution < 1.29 is 22.3 Å². The van der Waals surface area contributed by atoms with Crippen LogP contribution in [-0.2, 0) is 11.3 Å². The number of morpholine rings is 1. The summed E-state index contributed by atoms with van der Waals surface area (Å²) in [5.74, 6) is 0.0400. The molecule has 3 atom stereocenters. The number of fused-ring (bicyclic) bond motifs is 1. The molecule has 6 nitrogen and oxygen atoms in total. The molecule has 0 amide bonds. The summed E-state index contributed by atoms with van der Waals surface area (Å²) in [6.07, 6.45) is -4.79. The summed E-state index contributed by atoms with van der Waals surface area (Å²) in [7, 11) is 0. The second kappa shape index (κ2) is 7.20. The molecule has 0 spiro atoms. The minimum atomic E-state index is -4.52. The van der Waals surface area contributed by atoms with Gasteiger partial charge in [0.25, 0.3) is 5.56 Å². The molecular formula is C18H24F4N4O2. The predicted molar refractivity (Wildman–Crippen MR) is 95.6 cm³/mol. The van der Waals surface area contributed by atoms with E-state index in [9.17, 15) is 22.4 Å². The third-order valence-corrected chi connectivity index (χ3v) is 5.78. The Hall–Kier alpha value is -1.84. The van der Waals surface area contributed by atoms with Gasteiger partial charge in [0.2, 0.25) is 5.95 Å². The van der Waals surface area contributed by atoms with Crippen LogP contribution in [-0.4, -0.2) is 60.3 Å². The Morgan fingerprint density at radius 3 is 2.68 bits per heavy atom. The van der Waals surface area contributed by atoms with E-state index in [2.05, 4.69) is 4.98 Å². The van der Waals surface area contributed by atoms with E-state index in [1.165, 1.54) is 10.6 Å². The molecule has 0 radical (unpaired) electrons. The van der Waals surface area contributed by atoms with Gasteiger partial charge in [0, 0.05) is 19.2 Å². The molecule has 0 N–H and O–H groups in total. The largest absolute Gasteiger partial charge is 0.408 e. The quantitative estimate of drug-likeness (QED) is 0.722. The number of anilines is 2. The van der Waals surface area contributed by atoms with Crippen LogP contribution < -0.4 is 15.4 Å². The summed E-state index contributed by atoms with van der Waals surface area (Å²) in [5.41, 5.74) is -0.411. The van der Waals surface area contributed by atoms with Gasteiger partial charge in [-0.05, 0) is 32.1 Å². The van der Waals surface area contributed by atoms with Gasteiger partial charge in [-0.2, -0.15) is 18.2 Å². The van der Waals surface area contributed by atoms with Crippen LogP contribution in [0.25, 0.3) is 0 Å². The van der Waals surface area contributed by atoms with Gasteiger partial charge >= 0.3 is 6.18 Å². The third kappa shape index (κ3) is 3.70. The second-order valence-corrected chi connectivity index (χ2v) is 7.87. The smallest absolute Gasteiger partial charge is 0.377 e. The molecule has 1 aliphatic carbocycles. The van der Waals surface area contributed by atoms with Crippen molar-refractivity contribution >= 4 is 11.8 Å². The molecule has 2 fully saturated rings. The van der Waals surface area contributed by atoms with E-state index in [0.29, 0.717) is 38.4 Å². The number of rotatable bonds is 4. The van der Waals surface area contributed by atoms with Crippen molar-refractivity contribution in [1.82, 2.24) is 9.55 Å². The van der Waals surface area contributed by atoms with Crippen LogP contribution >= 0.6 is 0 Å². The molecule has 2 aliphatic heterocycles. The van der Waals surface area contributed by atoms with Crippen LogP contribution in [0.5, 0.6) is 0 Å². The number of nitrogens with zero attached hydrogens (tertiary/aromatic N) is 4. The lowest BCUT2D eigenvalue weighted by atomic mass is 10.1. The van der Waals surface area contributed by atoms with Crippen LogP contribution in [0, 0.1) is 5.92 Å². The maximum absolute atomic E-state index is 14.5. The van der Waals surface area contributed by atoms with Crippen molar-refractivity contribution in [3.8, 4) is 0 Å². The molecule has 10 heteroatoms. The standard InChI is InChI=1S/C18H24F4N4O2/c1-11-10-28-7-6-24(11)15-8-16(27)25-5-4-14(18(20,21)22)26(17(25)23-15)9-13(19)12-2-3-12/h8,11-14H,2-7,9-10H2,1H3/t11-,13?,14?/m1/s1. The van der Waals surface area contributed by atoms with Gasteiger partial charge in [0.15, 0.2) is 0 Å². The van der Waals surface area contributed by atoms with Crippen molar-refractivity contribution in [3.63, 3.8) is 0 Å².